The summed E-state index contributed by atoms with van der Waals surface area (Å²) in [6.07, 6.45) is 0.663. The number of carbonyl (C=O) groups is 2. The van der Waals surface area contributed by atoms with Gasteiger partial charge in [0.15, 0.2) is 0 Å². The Morgan fingerprint density at radius 3 is 2.90 bits per heavy atom. The van der Waals surface area contributed by atoms with Crippen molar-refractivity contribution in [1.29, 1.82) is 0 Å². The molecule has 1 amide bonds. The number of likely N-dealkylation sites (N-methyl/N-ethyl adjacent to an activating group) is 1. The number of amides is 1. The largest absolute Gasteiger partial charge is 0.495 e. The molecule has 0 bridgehead atoms. The zero-order valence-corrected chi connectivity index (χ0v) is 17.2. The number of ether oxygens (including phenoxy) is 1. The second-order valence-corrected chi connectivity index (χ2v) is 8.00. The monoisotopic (exact) mass is 432 g/mol. The van der Waals surface area contributed by atoms with Crippen LogP contribution < -0.4 is 10.1 Å². The van der Waals surface area contributed by atoms with Crippen LogP contribution in [0.15, 0.2) is 18.2 Å². The summed E-state index contributed by atoms with van der Waals surface area (Å²) in [5, 5.41) is 13.8. The smallest absolute Gasteiger partial charge is 0.374 e. The molecule has 29 heavy (non-hydrogen) atoms. The van der Waals surface area contributed by atoms with Crippen molar-refractivity contribution in [3.05, 3.63) is 45.1 Å². The number of thiophene rings is 1. The molecule has 8 nitrogen and oxygen atoms in total. The molecule has 0 spiro atoms. The number of carbonyl (C=O) groups excluding carboxylic acids is 1. The number of hydrogen-bond acceptors (Lipinski definition) is 7. The van der Waals surface area contributed by atoms with E-state index in [1.54, 1.807) is 31.2 Å². The summed E-state index contributed by atoms with van der Waals surface area (Å²) in [5.41, 5.74) is 1.74. The molecular weight excluding hydrogens is 416 g/mol. The molecule has 0 radical (unpaired) electrons. The molecule has 1 aromatic carbocycles. The number of nitrogens with zero attached hydrogens (tertiary/aromatic N) is 3. The highest BCUT2D eigenvalue weighted by Gasteiger charge is 2.29. The van der Waals surface area contributed by atoms with E-state index in [0.717, 1.165) is 11.1 Å². The number of methoxy groups -OCH3 is 1. The number of aromatic nitrogens is 2. The fourth-order valence-electron chi connectivity index (χ4n) is 3.25. The Kier molecular flexibility index (Phi) is 5.01. The number of nitrogens with one attached hydrogen (secondary N) is 1. The Labute approximate surface area is 175 Å². The summed E-state index contributed by atoms with van der Waals surface area (Å²) in [6, 6.07) is 5.39. The van der Waals surface area contributed by atoms with Crippen LogP contribution in [-0.4, -0.2) is 52.6 Å². The number of fused-ring (bicyclic) bond motifs is 3. The van der Waals surface area contributed by atoms with Crippen molar-refractivity contribution in [3.63, 3.8) is 0 Å². The van der Waals surface area contributed by atoms with Gasteiger partial charge >= 0.3 is 5.97 Å². The van der Waals surface area contributed by atoms with Gasteiger partial charge in [0, 0.05) is 20.1 Å². The Bertz CT molecular complexity index is 1150. The van der Waals surface area contributed by atoms with Gasteiger partial charge in [0.25, 0.3) is 5.91 Å². The van der Waals surface area contributed by atoms with Gasteiger partial charge in [0.1, 0.15) is 16.4 Å². The minimum atomic E-state index is -1.22. The molecule has 0 saturated heterocycles. The van der Waals surface area contributed by atoms with Crippen LogP contribution in [0, 0.1) is 0 Å². The molecule has 1 aliphatic heterocycles. The molecule has 0 aliphatic carbocycles. The van der Waals surface area contributed by atoms with Crippen LogP contribution >= 0.6 is 22.9 Å². The molecule has 0 saturated carbocycles. The SMILES string of the molecule is COc1ccc(CNc2nc(C(=O)O)nc3sc4c(c23)CCN(C)C4=O)cc1Cl. The predicted octanol–water partition coefficient (Wildman–Crippen LogP) is 3.29. The molecule has 3 aromatic rings. The summed E-state index contributed by atoms with van der Waals surface area (Å²) in [5.74, 6) is -0.653. The van der Waals surface area contributed by atoms with Gasteiger partial charge in [-0.05, 0) is 29.7 Å². The highest BCUT2D eigenvalue weighted by atomic mass is 35.5. The lowest BCUT2D eigenvalue weighted by Crippen LogP contribution is -2.33. The molecular formula is C19H17ClN4O4S. The van der Waals surface area contributed by atoms with E-state index in [4.69, 9.17) is 16.3 Å². The van der Waals surface area contributed by atoms with E-state index in [-0.39, 0.29) is 11.7 Å². The van der Waals surface area contributed by atoms with Gasteiger partial charge < -0.3 is 20.1 Å². The van der Waals surface area contributed by atoms with E-state index in [0.29, 0.717) is 51.2 Å². The molecule has 2 N–H and O–H groups in total. The number of halogens is 1. The summed E-state index contributed by atoms with van der Waals surface area (Å²) in [7, 11) is 3.29. The van der Waals surface area contributed by atoms with Crippen LogP contribution in [0.1, 0.15) is 31.4 Å². The summed E-state index contributed by atoms with van der Waals surface area (Å²) in [4.78, 5) is 35.1. The highest BCUT2D eigenvalue weighted by Crippen LogP contribution is 2.37. The standard InChI is InChI=1S/C19H17ClN4O4S/c1-24-6-5-10-13-15(21-8-9-3-4-12(28-2)11(20)7-9)22-16(19(26)27)23-17(13)29-14(10)18(24)25/h3-4,7H,5-6,8H2,1-2H3,(H,26,27)(H,21,22,23). The third-order valence-corrected chi connectivity index (χ3v) is 6.17. The molecule has 0 fully saturated rings. The summed E-state index contributed by atoms with van der Waals surface area (Å²) in [6.45, 7) is 0.958. The first-order chi connectivity index (χ1) is 13.9. The quantitative estimate of drug-likeness (QED) is 0.637. The zero-order valence-electron chi connectivity index (χ0n) is 15.7. The lowest BCUT2D eigenvalue weighted by Gasteiger charge is -2.22. The van der Waals surface area contributed by atoms with E-state index >= 15 is 0 Å². The first kappa shape index (κ1) is 19.4. The third-order valence-electron chi connectivity index (χ3n) is 4.76. The maximum atomic E-state index is 12.5. The van der Waals surface area contributed by atoms with Crippen LogP contribution in [0.2, 0.25) is 5.02 Å². The number of carboxylic acids is 1. The van der Waals surface area contributed by atoms with Crippen molar-refractivity contribution in [2.45, 2.75) is 13.0 Å². The highest BCUT2D eigenvalue weighted by molar-refractivity contribution is 7.20. The molecule has 0 unspecified atom stereocenters. The van der Waals surface area contributed by atoms with E-state index < -0.39 is 5.97 Å². The Hall–Kier alpha value is -2.91. The maximum Gasteiger partial charge on any atom is 0.374 e. The molecule has 10 heteroatoms. The Morgan fingerprint density at radius 1 is 1.41 bits per heavy atom. The van der Waals surface area contributed by atoms with Gasteiger partial charge in [-0.3, -0.25) is 4.79 Å². The van der Waals surface area contributed by atoms with Crippen molar-refractivity contribution in [1.82, 2.24) is 14.9 Å². The van der Waals surface area contributed by atoms with Crippen LogP contribution in [0.25, 0.3) is 10.2 Å². The van der Waals surface area contributed by atoms with Crippen LogP contribution in [0.5, 0.6) is 5.75 Å². The van der Waals surface area contributed by atoms with Crippen molar-refractivity contribution < 1.29 is 19.4 Å². The van der Waals surface area contributed by atoms with Crippen molar-refractivity contribution in [2.75, 3.05) is 26.0 Å². The zero-order chi connectivity index (χ0) is 20.7. The van der Waals surface area contributed by atoms with Gasteiger partial charge in [-0.15, -0.1) is 11.3 Å². The topological polar surface area (TPSA) is 105 Å². The van der Waals surface area contributed by atoms with Crippen molar-refractivity contribution in [2.24, 2.45) is 0 Å². The number of anilines is 1. The second-order valence-electron chi connectivity index (χ2n) is 6.59. The lowest BCUT2D eigenvalue weighted by atomic mass is 10.0. The van der Waals surface area contributed by atoms with E-state index in [1.807, 2.05) is 6.07 Å². The minimum Gasteiger partial charge on any atom is -0.495 e. The third kappa shape index (κ3) is 3.47. The van der Waals surface area contributed by atoms with Crippen LogP contribution in [0.4, 0.5) is 5.82 Å². The first-order valence-corrected chi connectivity index (χ1v) is 9.97. The van der Waals surface area contributed by atoms with Gasteiger partial charge in [-0.25, -0.2) is 14.8 Å². The lowest BCUT2D eigenvalue weighted by molar-refractivity contribution is 0.0683. The van der Waals surface area contributed by atoms with Crippen molar-refractivity contribution >= 4 is 50.8 Å². The van der Waals surface area contributed by atoms with E-state index in [9.17, 15) is 14.7 Å². The Balaban J connectivity index is 1.76. The summed E-state index contributed by atoms with van der Waals surface area (Å²) >= 11 is 7.39. The average molecular weight is 433 g/mol. The predicted molar refractivity (Wildman–Crippen MR) is 110 cm³/mol. The number of rotatable bonds is 5. The number of benzene rings is 1. The maximum absolute atomic E-state index is 12.5. The van der Waals surface area contributed by atoms with Crippen molar-refractivity contribution in [3.8, 4) is 5.75 Å². The molecule has 0 atom stereocenters. The first-order valence-electron chi connectivity index (χ1n) is 8.77. The average Bonchev–Trinajstić information content (AvgIpc) is 3.08. The molecule has 2 aromatic heterocycles. The number of carboxylic acid groups (broad SMARTS) is 1. The normalized spacial score (nSPS) is 13.5. The molecule has 1 aliphatic rings. The molecule has 150 valence electrons. The van der Waals surface area contributed by atoms with Crippen LogP contribution in [-0.2, 0) is 13.0 Å². The molecule has 4 rings (SSSR count). The van der Waals surface area contributed by atoms with Gasteiger partial charge in [0.2, 0.25) is 5.82 Å². The fraction of sp³-hybridized carbons (Fsp3) is 0.263. The fourth-order valence-corrected chi connectivity index (χ4v) is 4.75. The van der Waals surface area contributed by atoms with E-state index in [1.165, 1.54) is 11.3 Å². The van der Waals surface area contributed by atoms with Gasteiger partial charge in [-0.2, -0.15) is 0 Å². The summed E-state index contributed by atoms with van der Waals surface area (Å²) < 4.78 is 5.16. The Morgan fingerprint density at radius 2 is 2.21 bits per heavy atom. The number of aromatic carboxylic acids is 1. The number of hydrogen-bond donors (Lipinski definition) is 2. The van der Waals surface area contributed by atoms with Gasteiger partial charge in [-0.1, -0.05) is 17.7 Å². The molecule has 3 heterocycles. The minimum absolute atomic E-state index is 0.0842. The van der Waals surface area contributed by atoms with Gasteiger partial charge in [0.05, 0.1) is 22.4 Å². The second kappa shape index (κ2) is 7.49. The van der Waals surface area contributed by atoms with Crippen LogP contribution in [0.3, 0.4) is 0 Å². The van der Waals surface area contributed by atoms with E-state index in [2.05, 4.69) is 15.3 Å².